The van der Waals surface area contributed by atoms with Crippen LogP contribution in [0.25, 0.3) is 0 Å². The first kappa shape index (κ1) is 43.8. The van der Waals surface area contributed by atoms with E-state index in [4.69, 9.17) is 9.90 Å². The molecular formula is C42H54FN5O5. The molecule has 1 aliphatic carbocycles. The van der Waals surface area contributed by atoms with Crippen LogP contribution in [0.4, 0.5) is 15.8 Å². The molecule has 1 fully saturated rings. The minimum Gasteiger partial charge on any atom is -0.396 e. The van der Waals surface area contributed by atoms with E-state index in [9.17, 15) is 18.8 Å². The Balaban J connectivity index is 0.000000637. The van der Waals surface area contributed by atoms with Gasteiger partial charge >= 0.3 is 0 Å². The zero-order valence-corrected chi connectivity index (χ0v) is 31.2. The number of aryl methyl sites for hydroxylation is 1. The maximum absolute atomic E-state index is 13.2. The Morgan fingerprint density at radius 2 is 1.36 bits per heavy atom. The van der Waals surface area contributed by atoms with E-state index in [0.29, 0.717) is 42.4 Å². The van der Waals surface area contributed by atoms with Crippen LogP contribution in [0.5, 0.6) is 0 Å². The molecule has 5 N–H and O–H groups in total. The third-order valence-electron chi connectivity index (χ3n) is 8.02. The summed E-state index contributed by atoms with van der Waals surface area (Å²) >= 11 is 0. The maximum atomic E-state index is 13.2. The van der Waals surface area contributed by atoms with Crippen molar-refractivity contribution in [3.05, 3.63) is 131 Å². The summed E-state index contributed by atoms with van der Waals surface area (Å²) in [5.74, 6) is -0.463. The minimum absolute atomic E-state index is 0.0498. The molecule has 0 aliphatic heterocycles. The lowest BCUT2D eigenvalue weighted by Gasteiger charge is -2.21. The molecule has 1 atom stereocenters. The Morgan fingerprint density at radius 1 is 0.811 bits per heavy atom. The SMILES string of the molecule is C=O.CCCO.C[C@H](NCCNC(=O)c1cc(C(=O)NCc2ccc(F)cc2)cc(N(C)c2ccccc2)c1)C(=O)NCC1CC1.Cc1ccccc1. The van der Waals surface area contributed by atoms with E-state index in [1.807, 2.05) is 74.2 Å². The van der Waals surface area contributed by atoms with Gasteiger partial charge in [-0.2, -0.15) is 0 Å². The molecule has 0 spiro atoms. The lowest BCUT2D eigenvalue weighted by molar-refractivity contribution is -0.122. The van der Waals surface area contributed by atoms with Gasteiger partial charge in [0.05, 0.1) is 6.04 Å². The van der Waals surface area contributed by atoms with E-state index >= 15 is 0 Å². The predicted octanol–water partition coefficient (Wildman–Crippen LogP) is 5.96. The largest absolute Gasteiger partial charge is 0.396 e. The zero-order chi connectivity index (χ0) is 39.0. The topological polar surface area (TPSA) is 140 Å². The van der Waals surface area contributed by atoms with Crippen molar-refractivity contribution < 1.29 is 28.7 Å². The Labute approximate surface area is 313 Å². The Hall–Kier alpha value is -5.39. The van der Waals surface area contributed by atoms with E-state index in [2.05, 4.69) is 40.3 Å². The average Bonchev–Trinajstić information content (AvgIpc) is 4.04. The monoisotopic (exact) mass is 727 g/mol. The molecule has 0 unspecified atom stereocenters. The van der Waals surface area contributed by atoms with Gasteiger partial charge in [0.2, 0.25) is 5.91 Å². The number of nitrogens with one attached hydrogen (secondary N) is 4. The quantitative estimate of drug-likeness (QED) is 0.101. The summed E-state index contributed by atoms with van der Waals surface area (Å²) < 4.78 is 13.2. The first-order chi connectivity index (χ1) is 25.6. The van der Waals surface area contributed by atoms with Crippen LogP contribution in [-0.2, 0) is 16.1 Å². The summed E-state index contributed by atoms with van der Waals surface area (Å²) in [7, 11) is 1.87. The summed E-state index contributed by atoms with van der Waals surface area (Å²) in [4.78, 5) is 48.3. The van der Waals surface area contributed by atoms with E-state index in [1.54, 1.807) is 37.3 Å². The van der Waals surface area contributed by atoms with Gasteiger partial charge in [-0.3, -0.25) is 14.4 Å². The summed E-state index contributed by atoms with van der Waals surface area (Å²) in [6.45, 7) is 9.79. The molecule has 4 aromatic rings. The second kappa shape index (κ2) is 24.7. The number of rotatable bonds is 14. The molecule has 0 saturated heterocycles. The number of anilines is 2. The van der Waals surface area contributed by atoms with Crippen molar-refractivity contribution in [2.45, 2.75) is 52.6 Å². The number of hydrogen-bond acceptors (Lipinski definition) is 7. The summed E-state index contributed by atoms with van der Waals surface area (Å²) in [6, 6.07) is 30.5. The number of amides is 3. The average molecular weight is 728 g/mol. The maximum Gasteiger partial charge on any atom is 0.251 e. The third-order valence-corrected chi connectivity index (χ3v) is 8.02. The molecule has 0 aromatic heterocycles. The first-order valence-electron chi connectivity index (χ1n) is 17.8. The zero-order valence-electron chi connectivity index (χ0n) is 31.2. The Morgan fingerprint density at radius 3 is 1.87 bits per heavy atom. The fourth-order valence-corrected chi connectivity index (χ4v) is 4.67. The number of nitrogens with zero attached hydrogens (tertiary/aromatic N) is 1. The number of carbonyl (C=O) groups is 4. The number of para-hydroxylation sites is 1. The predicted molar refractivity (Wildman–Crippen MR) is 210 cm³/mol. The molecule has 53 heavy (non-hydrogen) atoms. The van der Waals surface area contributed by atoms with E-state index in [-0.39, 0.29) is 36.1 Å². The molecule has 11 heteroatoms. The second-order valence-corrected chi connectivity index (χ2v) is 12.5. The first-order valence-corrected chi connectivity index (χ1v) is 17.8. The lowest BCUT2D eigenvalue weighted by Crippen LogP contribution is -2.45. The standard InChI is InChI=1S/C31H36FN5O3.C7H8.C3H8O.CH2O/c1-21(29(38)35-19-22-8-9-22)33-14-15-34-30(39)24-16-25(31(40)36-20-23-10-12-26(32)13-11-23)18-28(17-24)37(2)27-6-4-3-5-7-27;1-7-5-3-2-4-6-7;1-2-3-4;1-2/h3-7,10-13,16-18,21-22,33H,8-9,14-15,19-20H2,1-2H3,(H,34,39)(H,35,38)(H,36,40);2-6H,1H3;4H,2-3H2,1H3;1H2/t21-;;;/m0.../s1. The van der Waals surface area contributed by atoms with Gasteiger partial charge in [0.25, 0.3) is 11.8 Å². The minimum atomic E-state index is -0.366. The van der Waals surface area contributed by atoms with Crippen molar-refractivity contribution in [3.63, 3.8) is 0 Å². The Kier molecular flexibility index (Phi) is 20.4. The Bertz CT molecular complexity index is 1650. The highest BCUT2D eigenvalue weighted by Crippen LogP contribution is 2.27. The van der Waals surface area contributed by atoms with Gasteiger partial charge in [-0.1, -0.05) is 73.2 Å². The number of aliphatic hydroxyl groups is 1. The molecule has 10 nitrogen and oxygen atoms in total. The van der Waals surface area contributed by atoms with Crippen LogP contribution in [0.3, 0.4) is 0 Å². The fourth-order valence-electron chi connectivity index (χ4n) is 4.67. The van der Waals surface area contributed by atoms with Crippen LogP contribution in [0.2, 0.25) is 0 Å². The van der Waals surface area contributed by atoms with Gasteiger partial charge in [-0.25, -0.2) is 4.39 Å². The molecular weight excluding hydrogens is 673 g/mol. The van der Waals surface area contributed by atoms with E-state index in [1.165, 1.54) is 30.5 Å². The number of benzene rings is 4. The van der Waals surface area contributed by atoms with E-state index < -0.39 is 0 Å². The molecule has 5 rings (SSSR count). The van der Waals surface area contributed by atoms with Crippen LogP contribution in [0.1, 0.15) is 65.0 Å². The fraction of sp³-hybridized carbons (Fsp3) is 0.333. The molecule has 3 amide bonds. The normalized spacial score (nSPS) is 11.8. The molecule has 1 aliphatic rings. The van der Waals surface area contributed by atoms with Crippen LogP contribution in [-0.4, -0.2) is 68.9 Å². The van der Waals surface area contributed by atoms with Crippen LogP contribution < -0.4 is 26.2 Å². The van der Waals surface area contributed by atoms with Gasteiger partial charge < -0.3 is 36.1 Å². The molecule has 1 saturated carbocycles. The van der Waals surface area contributed by atoms with Crippen molar-refractivity contribution in [2.75, 3.05) is 38.2 Å². The van der Waals surface area contributed by atoms with Gasteiger partial charge in [0.15, 0.2) is 0 Å². The lowest BCUT2D eigenvalue weighted by atomic mass is 10.1. The van der Waals surface area contributed by atoms with Gasteiger partial charge in [0.1, 0.15) is 12.6 Å². The number of carbonyl (C=O) groups excluding carboxylic acids is 4. The summed E-state index contributed by atoms with van der Waals surface area (Å²) in [5, 5.41) is 19.7. The van der Waals surface area contributed by atoms with Gasteiger partial charge in [-0.15, -0.1) is 0 Å². The smallest absolute Gasteiger partial charge is 0.251 e. The number of hydrogen-bond donors (Lipinski definition) is 5. The molecule has 284 valence electrons. The van der Waals surface area contributed by atoms with Gasteiger partial charge in [0, 0.05) is 62.3 Å². The third kappa shape index (κ3) is 17.1. The van der Waals surface area contributed by atoms with Crippen molar-refractivity contribution in [2.24, 2.45) is 5.92 Å². The van der Waals surface area contributed by atoms with E-state index in [0.717, 1.165) is 24.2 Å². The van der Waals surface area contributed by atoms with Crippen LogP contribution in [0, 0.1) is 18.7 Å². The van der Waals surface area contributed by atoms with Crippen molar-refractivity contribution in [3.8, 4) is 0 Å². The van der Waals surface area contributed by atoms with Crippen molar-refractivity contribution in [1.82, 2.24) is 21.3 Å². The highest BCUT2D eigenvalue weighted by atomic mass is 19.1. The highest BCUT2D eigenvalue weighted by molar-refractivity contribution is 6.01. The number of aliphatic hydroxyl groups excluding tert-OH is 1. The second-order valence-electron chi connectivity index (χ2n) is 12.5. The van der Waals surface area contributed by atoms with Crippen LogP contribution in [0.15, 0.2) is 103 Å². The molecule has 0 radical (unpaired) electrons. The highest BCUT2D eigenvalue weighted by Gasteiger charge is 2.23. The summed E-state index contributed by atoms with van der Waals surface area (Å²) in [6.07, 6.45) is 3.22. The van der Waals surface area contributed by atoms with Crippen LogP contribution >= 0.6 is 0 Å². The molecule has 0 heterocycles. The number of halogens is 1. The molecule has 0 bridgehead atoms. The molecule has 4 aromatic carbocycles. The van der Waals surface area contributed by atoms with Crippen molar-refractivity contribution >= 4 is 35.9 Å². The van der Waals surface area contributed by atoms with Gasteiger partial charge in [-0.05, 0) is 87.1 Å². The van der Waals surface area contributed by atoms with Crippen molar-refractivity contribution in [1.29, 1.82) is 0 Å². The summed E-state index contributed by atoms with van der Waals surface area (Å²) in [5.41, 5.74) is 4.31.